The smallest absolute Gasteiger partial charge is 0.387 e. The van der Waals surface area contributed by atoms with E-state index in [2.05, 4.69) is 15.8 Å². The Bertz CT molecular complexity index is 1070. The maximum Gasteiger partial charge on any atom is 0.387 e. The lowest BCUT2D eigenvalue weighted by Gasteiger charge is -2.38. The summed E-state index contributed by atoms with van der Waals surface area (Å²) in [6, 6.07) is 14.4. The molecule has 1 amide bonds. The van der Waals surface area contributed by atoms with Gasteiger partial charge in [-0.05, 0) is 43.2 Å². The number of aromatic amines is 1. The molecule has 150 valence electrons. The Morgan fingerprint density at radius 2 is 1.93 bits per heavy atom. The number of hydrogen-bond acceptors (Lipinski definition) is 3. The van der Waals surface area contributed by atoms with Crippen LogP contribution in [-0.2, 0) is 5.41 Å². The highest BCUT2D eigenvalue weighted by atomic mass is 19.3. The number of rotatable bonds is 3. The molecule has 1 saturated heterocycles. The highest BCUT2D eigenvalue weighted by molar-refractivity contribution is 5.98. The molecule has 3 aromatic rings. The predicted molar refractivity (Wildman–Crippen MR) is 104 cm³/mol. The highest BCUT2D eigenvalue weighted by Gasteiger charge is 2.43. The number of carbonyl (C=O) groups is 1. The maximum absolute atomic E-state index is 13.0. The van der Waals surface area contributed by atoms with Gasteiger partial charge >= 0.3 is 6.61 Å². The number of para-hydroxylation sites is 1. The van der Waals surface area contributed by atoms with E-state index in [4.69, 9.17) is 4.74 Å². The lowest BCUT2D eigenvalue weighted by Crippen LogP contribution is -2.46. The molecule has 0 atom stereocenters. The number of likely N-dealkylation sites (tertiary alicyclic amines) is 1. The Hall–Kier alpha value is -3.09. The van der Waals surface area contributed by atoms with E-state index >= 15 is 0 Å². The van der Waals surface area contributed by atoms with E-state index in [1.165, 1.54) is 17.7 Å². The second kappa shape index (κ2) is 6.76. The van der Waals surface area contributed by atoms with Gasteiger partial charge in [-0.15, -0.1) is 0 Å². The van der Waals surface area contributed by atoms with Crippen molar-refractivity contribution < 1.29 is 23.0 Å². The molecule has 3 heterocycles. The van der Waals surface area contributed by atoms with Crippen LogP contribution in [0.4, 0.5) is 8.78 Å². The largest absolute Gasteiger partial charge is 0.492 e. The maximum atomic E-state index is 13.0. The number of ether oxygens (including phenoxy) is 2. The van der Waals surface area contributed by atoms with E-state index < -0.39 is 6.61 Å². The Morgan fingerprint density at radius 3 is 2.72 bits per heavy atom. The molecular formula is C22H20F2N2O3. The quantitative estimate of drug-likeness (QED) is 0.714. The van der Waals surface area contributed by atoms with Crippen molar-refractivity contribution in [2.75, 3.05) is 19.7 Å². The molecule has 1 fully saturated rings. The van der Waals surface area contributed by atoms with Crippen LogP contribution in [0.1, 0.15) is 28.9 Å². The molecule has 0 bridgehead atoms. The van der Waals surface area contributed by atoms with Gasteiger partial charge in [0.25, 0.3) is 5.91 Å². The lowest BCUT2D eigenvalue weighted by molar-refractivity contribution is -0.0497. The number of halogens is 2. The van der Waals surface area contributed by atoms with Crippen molar-refractivity contribution in [2.45, 2.75) is 24.9 Å². The summed E-state index contributed by atoms with van der Waals surface area (Å²) in [5, 5.41) is 0.665. The van der Waals surface area contributed by atoms with Crippen LogP contribution in [0.15, 0.2) is 48.5 Å². The Kier molecular flexibility index (Phi) is 4.19. The fraction of sp³-hybridized carbons (Fsp3) is 0.318. The van der Waals surface area contributed by atoms with Gasteiger partial charge in [0, 0.05) is 35.0 Å². The van der Waals surface area contributed by atoms with Crippen LogP contribution in [-0.4, -0.2) is 42.1 Å². The van der Waals surface area contributed by atoms with Crippen LogP contribution in [0.3, 0.4) is 0 Å². The predicted octanol–water partition coefficient (Wildman–Crippen LogP) is 4.34. The van der Waals surface area contributed by atoms with Crippen molar-refractivity contribution in [1.82, 2.24) is 9.88 Å². The summed E-state index contributed by atoms with van der Waals surface area (Å²) in [4.78, 5) is 17.9. The minimum atomic E-state index is -2.88. The summed E-state index contributed by atoms with van der Waals surface area (Å²) < 4.78 is 35.1. The molecule has 0 saturated carbocycles. The first-order valence-electron chi connectivity index (χ1n) is 9.63. The van der Waals surface area contributed by atoms with Crippen molar-refractivity contribution in [3.05, 3.63) is 59.8 Å². The number of carbonyl (C=O) groups excluding carboxylic acids is 1. The highest BCUT2D eigenvalue weighted by Crippen LogP contribution is 2.45. The van der Waals surface area contributed by atoms with E-state index in [1.807, 2.05) is 23.1 Å². The molecule has 1 N–H and O–H groups in total. The van der Waals surface area contributed by atoms with Crippen molar-refractivity contribution in [1.29, 1.82) is 0 Å². The Morgan fingerprint density at radius 1 is 1.14 bits per heavy atom. The van der Waals surface area contributed by atoms with Gasteiger partial charge in [0.2, 0.25) is 0 Å². The molecular weight excluding hydrogens is 378 g/mol. The molecule has 2 aliphatic rings. The normalized spacial score (nSPS) is 17.6. The van der Waals surface area contributed by atoms with E-state index in [9.17, 15) is 13.6 Å². The van der Waals surface area contributed by atoms with Gasteiger partial charge < -0.3 is 19.4 Å². The molecule has 0 unspecified atom stereocenters. The standard InChI is InChI=1S/C22H20F2N2O3/c23-21(24)29-15-5-6-17-14(11-15)12-18(25-17)20(27)26-9-7-22(8-10-26)13-28-19-4-2-1-3-16(19)22/h1-6,11-12,21,25H,7-10,13H2. The third kappa shape index (κ3) is 3.10. The zero-order chi connectivity index (χ0) is 20.0. The van der Waals surface area contributed by atoms with Crippen LogP contribution in [0.25, 0.3) is 10.9 Å². The number of H-pyrrole nitrogens is 1. The topological polar surface area (TPSA) is 54.6 Å². The van der Waals surface area contributed by atoms with Gasteiger partial charge in [-0.1, -0.05) is 18.2 Å². The van der Waals surface area contributed by atoms with Gasteiger partial charge in [0.1, 0.15) is 17.2 Å². The molecule has 0 radical (unpaired) electrons. The second-order valence-corrected chi connectivity index (χ2v) is 7.67. The molecule has 5 rings (SSSR count). The van der Waals surface area contributed by atoms with Crippen molar-refractivity contribution >= 4 is 16.8 Å². The average molecular weight is 398 g/mol. The Labute approximate surface area is 166 Å². The van der Waals surface area contributed by atoms with Crippen molar-refractivity contribution in [3.63, 3.8) is 0 Å². The van der Waals surface area contributed by atoms with Gasteiger partial charge in [-0.3, -0.25) is 4.79 Å². The number of aromatic nitrogens is 1. The number of piperidine rings is 1. The zero-order valence-corrected chi connectivity index (χ0v) is 15.7. The minimum absolute atomic E-state index is 0.0185. The first-order valence-corrected chi connectivity index (χ1v) is 9.63. The summed E-state index contributed by atoms with van der Waals surface area (Å²) in [6.45, 7) is -0.928. The van der Waals surface area contributed by atoms with Gasteiger partial charge in [0.15, 0.2) is 0 Å². The number of nitrogens with zero attached hydrogens (tertiary/aromatic N) is 1. The number of fused-ring (bicyclic) bond motifs is 3. The lowest BCUT2D eigenvalue weighted by atomic mass is 9.74. The van der Waals surface area contributed by atoms with Crippen LogP contribution in [0, 0.1) is 0 Å². The Balaban J connectivity index is 1.32. The number of nitrogens with one attached hydrogen (secondary N) is 1. The summed E-state index contributed by atoms with van der Waals surface area (Å²) in [5.74, 6) is 0.939. The summed E-state index contributed by atoms with van der Waals surface area (Å²) in [5.41, 5.74) is 2.38. The van der Waals surface area contributed by atoms with Crippen LogP contribution in [0.2, 0.25) is 0 Å². The second-order valence-electron chi connectivity index (χ2n) is 7.67. The van der Waals surface area contributed by atoms with Gasteiger partial charge in [0.05, 0.1) is 6.61 Å². The van der Waals surface area contributed by atoms with E-state index in [-0.39, 0.29) is 17.1 Å². The van der Waals surface area contributed by atoms with Crippen LogP contribution in [0.5, 0.6) is 11.5 Å². The average Bonchev–Trinajstić information content (AvgIpc) is 3.30. The zero-order valence-electron chi connectivity index (χ0n) is 15.7. The SMILES string of the molecule is O=C(c1cc2cc(OC(F)F)ccc2[nH]1)N1CCC2(CC1)COc1ccccc12. The van der Waals surface area contributed by atoms with E-state index in [0.29, 0.717) is 36.3 Å². The van der Waals surface area contributed by atoms with Crippen LogP contribution < -0.4 is 9.47 Å². The summed E-state index contributed by atoms with van der Waals surface area (Å²) >= 11 is 0. The number of amides is 1. The third-order valence-electron chi connectivity index (χ3n) is 6.02. The fourth-order valence-electron chi connectivity index (χ4n) is 4.45. The van der Waals surface area contributed by atoms with Gasteiger partial charge in [-0.2, -0.15) is 8.78 Å². The first-order chi connectivity index (χ1) is 14.0. The first kappa shape index (κ1) is 18.0. The molecule has 2 aliphatic heterocycles. The number of benzene rings is 2. The van der Waals surface area contributed by atoms with Gasteiger partial charge in [-0.25, -0.2) is 0 Å². The molecule has 0 aliphatic carbocycles. The fourth-order valence-corrected chi connectivity index (χ4v) is 4.45. The molecule has 2 aromatic carbocycles. The summed E-state index contributed by atoms with van der Waals surface area (Å²) in [7, 11) is 0. The van der Waals surface area contributed by atoms with E-state index in [0.717, 1.165) is 18.6 Å². The third-order valence-corrected chi connectivity index (χ3v) is 6.02. The monoisotopic (exact) mass is 398 g/mol. The van der Waals surface area contributed by atoms with Crippen molar-refractivity contribution in [2.24, 2.45) is 0 Å². The molecule has 1 aromatic heterocycles. The van der Waals surface area contributed by atoms with Crippen molar-refractivity contribution in [3.8, 4) is 11.5 Å². The van der Waals surface area contributed by atoms with E-state index in [1.54, 1.807) is 12.1 Å². The molecule has 5 nitrogen and oxygen atoms in total. The minimum Gasteiger partial charge on any atom is -0.492 e. The van der Waals surface area contributed by atoms with Crippen LogP contribution >= 0.6 is 0 Å². The molecule has 29 heavy (non-hydrogen) atoms. The number of hydrogen-bond donors (Lipinski definition) is 1. The number of alkyl halides is 2. The molecule has 7 heteroatoms. The summed E-state index contributed by atoms with van der Waals surface area (Å²) in [6.07, 6.45) is 1.70. The molecule has 1 spiro atoms.